The summed E-state index contributed by atoms with van der Waals surface area (Å²) in [5.41, 5.74) is 1.57. The number of hydrogen-bond donors (Lipinski definition) is 1. The number of anilines is 1. The zero-order valence-electron chi connectivity index (χ0n) is 14.2. The van der Waals surface area contributed by atoms with Gasteiger partial charge < -0.3 is 14.5 Å². The van der Waals surface area contributed by atoms with E-state index < -0.39 is 0 Å². The highest BCUT2D eigenvalue weighted by molar-refractivity contribution is 9.10. The van der Waals surface area contributed by atoms with Gasteiger partial charge in [-0.1, -0.05) is 51.4 Å². The third-order valence-corrected chi connectivity index (χ3v) is 5.06. The number of nitrogens with zero attached hydrogens (tertiary/aromatic N) is 2. The Bertz CT molecular complexity index is 934. The number of nitrogens with one attached hydrogen (secondary N) is 1. The molecule has 1 heterocycles. The molecule has 0 saturated heterocycles. The van der Waals surface area contributed by atoms with E-state index in [2.05, 4.69) is 31.4 Å². The second kappa shape index (κ2) is 9.25. The van der Waals surface area contributed by atoms with Crippen LogP contribution in [0.2, 0.25) is 5.02 Å². The molecule has 0 atom stereocenters. The second-order valence-corrected chi connectivity index (χ2v) is 7.73. The molecule has 0 unspecified atom stereocenters. The lowest BCUT2D eigenvalue weighted by molar-refractivity contribution is -0.113. The second-order valence-electron chi connectivity index (χ2n) is 5.45. The van der Waals surface area contributed by atoms with E-state index in [0.29, 0.717) is 34.0 Å². The van der Waals surface area contributed by atoms with Crippen LogP contribution in [0.4, 0.5) is 5.69 Å². The van der Waals surface area contributed by atoms with E-state index in [9.17, 15) is 4.79 Å². The lowest BCUT2D eigenvalue weighted by Gasteiger charge is -2.09. The number of aromatic nitrogens is 2. The number of methoxy groups -OCH3 is 1. The number of rotatable bonds is 7. The molecule has 0 radical (unpaired) electrons. The van der Waals surface area contributed by atoms with Gasteiger partial charge in [0.1, 0.15) is 5.75 Å². The molecule has 0 saturated carbocycles. The number of carbonyl (C=O) groups is 1. The fourth-order valence-corrected chi connectivity index (χ4v) is 3.25. The molecule has 2 aromatic carbocycles. The van der Waals surface area contributed by atoms with Crippen LogP contribution in [-0.4, -0.2) is 29.0 Å². The van der Waals surface area contributed by atoms with Crippen LogP contribution < -0.4 is 10.1 Å². The number of thioether (sulfide) groups is 1. The van der Waals surface area contributed by atoms with Gasteiger partial charge >= 0.3 is 0 Å². The van der Waals surface area contributed by atoms with E-state index in [-0.39, 0.29) is 11.7 Å². The van der Waals surface area contributed by atoms with Crippen molar-refractivity contribution in [2.45, 2.75) is 11.6 Å². The molecule has 0 aliphatic heterocycles. The number of halogens is 2. The summed E-state index contributed by atoms with van der Waals surface area (Å²) in [4.78, 5) is 12.2. The van der Waals surface area contributed by atoms with E-state index in [1.165, 1.54) is 18.9 Å². The number of hydrogen-bond acceptors (Lipinski definition) is 6. The van der Waals surface area contributed by atoms with E-state index in [1.54, 1.807) is 18.2 Å². The number of benzene rings is 2. The van der Waals surface area contributed by atoms with Crippen molar-refractivity contribution in [3.63, 3.8) is 0 Å². The molecule has 0 spiro atoms. The van der Waals surface area contributed by atoms with Crippen LogP contribution in [0.3, 0.4) is 0 Å². The van der Waals surface area contributed by atoms with Crippen molar-refractivity contribution in [3.8, 4) is 5.75 Å². The van der Waals surface area contributed by atoms with Gasteiger partial charge in [-0.25, -0.2) is 0 Å². The number of amides is 1. The van der Waals surface area contributed by atoms with Crippen molar-refractivity contribution < 1.29 is 13.9 Å². The quantitative estimate of drug-likeness (QED) is 0.501. The average molecular weight is 469 g/mol. The van der Waals surface area contributed by atoms with Crippen LogP contribution in [0.1, 0.15) is 11.5 Å². The van der Waals surface area contributed by atoms with Gasteiger partial charge in [0.25, 0.3) is 5.22 Å². The summed E-state index contributed by atoms with van der Waals surface area (Å²) < 4.78 is 11.8. The summed E-state index contributed by atoms with van der Waals surface area (Å²) in [6.07, 6.45) is 0.534. The minimum Gasteiger partial charge on any atom is -0.495 e. The Morgan fingerprint density at radius 3 is 2.78 bits per heavy atom. The van der Waals surface area contributed by atoms with Gasteiger partial charge in [0.05, 0.1) is 25.0 Å². The van der Waals surface area contributed by atoms with Gasteiger partial charge in [-0.3, -0.25) is 4.79 Å². The van der Waals surface area contributed by atoms with Crippen molar-refractivity contribution in [3.05, 3.63) is 63.4 Å². The van der Waals surface area contributed by atoms with Crippen molar-refractivity contribution >= 4 is 50.9 Å². The molecule has 1 amide bonds. The summed E-state index contributed by atoms with van der Waals surface area (Å²) in [5, 5.41) is 11.6. The Hall–Kier alpha value is -2.03. The van der Waals surface area contributed by atoms with Crippen LogP contribution in [0.25, 0.3) is 0 Å². The van der Waals surface area contributed by atoms with E-state index in [4.69, 9.17) is 20.8 Å². The first-order valence-corrected chi connectivity index (χ1v) is 10.0. The van der Waals surface area contributed by atoms with Crippen molar-refractivity contribution in [2.75, 3.05) is 18.2 Å². The molecule has 27 heavy (non-hydrogen) atoms. The molecular weight excluding hydrogens is 454 g/mol. The molecule has 140 valence electrons. The van der Waals surface area contributed by atoms with Crippen LogP contribution >= 0.6 is 39.3 Å². The molecule has 3 rings (SSSR count). The molecule has 9 heteroatoms. The lowest BCUT2D eigenvalue weighted by atomic mass is 10.2. The Labute approximate surface area is 173 Å². The molecule has 1 N–H and O–H groups in total. The Kier molecular flexibility index (Phi) is 6.76. The molecule has 0 aliphatic carbocycles. The maximum atomic E-state index is 12.2. The van der Waals surface area contributed by atoms with Crippen LogP contribution in [-0.2, 0) is 11.2 Å². The lowest BCUT2D eigenvalue weighted by Crippen LogP contribution is -2.14. The first kappa shape index (κ1) is 19.7. The smallest absolute Gasteiger partial charge is 0.277 e. The summed E-state index contributed by atoms with van der Waals surface area (Å²) in [6, 6.07) is 12.9. The molecular formula is C18H15BrClN3O3S. The van der Waals surface area contributed by atoms with Gasteiger partial charge in [0, 0.05) is 9.50 Å². The predicted octanol–water partition coefficient (Wildman–Crippen LogP) is 4.82. The third kappa shape index (κ3) is 5.72. The van der Waals surface area contributed by atoms with Crippen molar-refractivity contribution in [1.29, 1.82) is 0 Å². The Morgan fingerprint density at radius 2 is 2.04 bits per heavy atom. The SMILES string of the molecule is COc1ccc(Cl)cc1NC(=O)CSc1nnc(Cc2ccc(Br)cc2)o1. The molecule has 3 aromatic rings. The molecule has 1 aromatic heterocycles. The summed E-state index contributed by atoms with van der Waals surface area (Å²) in [7, 11) is 1.53. The van der Waals surface area contributed by atoms with Crippen LogP contribution in [0.15, 0.2) is 56.6 Å². The largest absolute Gasteiger partial charge is 0.495 e. The van der Waals surface area contributed by atoms with Gasteiger partial charge in [0.2, 0.25) is 11.8 Å². The highest BCUT2D eigenvalue weighted by Gasteiger charge is 2.12. The summed E-state index contributed by atoms with van der Waals surface area (Å²) in [6.45, 7) is 0. The molecule has 6 nitrogen and oxygen atoms in total. The van der Waals surface area contributed by atoms with Crippen molar-refractivity contribution in [1.82, 2.24) is 10.2 Å². The van der Waals surface area contributed by atoms with Gasteiger partial charge in [-0.05, 0) is 35.9 Å². The van der Waals surface area contributed by atoms with Crippen LogP contribution in [0.5, 0.6) is 5.75 Å². The third-order valence-electron chi connectivity index (χ3n) is 3.48. The summed E-state index contributed by atoms with van der Waals surface area (Å²) >= 11 is 10.5. The minimum absolute atomic E-state index is 0.121. The molecule has 0 aliphatic rings. The molecule has 0 fully saturated rings. The summed E-state index contributed by atoms with van der Waals surface area (Å²) in [5.74, 6) is 0.924. The number of carbonyl (C=O) groups excluding carboxylic acids is 1. The normalized spacial score (nSPS) is 10.6. The van der Waals surface area contributed by atoms with Crippen molar-refractivity contribution in [2.24, 2.45) is 0 Å². The topological polar surface area (TPSA) is 77.2 Å². The Balaban J connectivity index is 1.54. The maximum absolute atomic E-state index is 12.2. The predicted molar refractivity (Wildman–Crippen MR) is 109 cm³/mol. The number of ether oxygens (including phenoxy) is 1. The first-order chi connectivity index (χ1) is 13.0. The molecule has 0 bridgehead atoms. The average Bonchev–Trinajstić information content (AvgIpc) is 3.10. The fourth-order valence-electron chi connectivity index (χ4n) is 2.24. The minimum atomic E-state index is -0.228. The first-order valence-electron chi connectivity index (χ1n) is 7.86. The van der Waals surface area contributed by atoms with Gasteiger partial charge in [-0.15, -0.1) is 10.2 Å². The van der Waals surface area contributed by atoms with Crippen LogP contribution in [0, 0.1) is 0 Å². The van der Waals surface area contributed by atoms with Gasteiger partial charge in [-0.2, -0.15) is 0 Å². The zero-order valence-corrected chi connectivity index (χ0v) is 17.4. The Morgan fingerprint density at radius 1 is 1.26 bits per heavy atom. The standard InChI is InChI=1S/C18H15BrClN3O3S/c1-25-15-7-6-13(20)9-14(15)21-16(24)10-27-18-23-22-17(26-18)8-11-2-4-12(19)5-3-11/h2-7,9H,8,10H2,1H3,(H,21,24). The fraction of sp³-hybridized carbons (Fsp3) is 0.167. The monoisotopic (exact) mass is 467 g/mol. The van der Waals surface area contributed by atoms with E-state index in [1.807, 2.05) is 24.3 Å². The zero-order chi connectivity index (χ0) is 19.2. The van der Waals surface area contributed by atoms with Gasteiger partial charge in [0.15, 0.2) is 0 Å². The van der Waals surface area contributed by atoms with E-state index >= 15 is 0 Å². The highest BCUT2D eigenvalue weighted by Crippen LogP contribution is 2.28. The van der Waals surface area contributed by atoms with E-state index in [0.717, 1.165) is 10.0 Å². The maximum Gasteiger partial charge on any atom is 0.277 e. The highest BCUT2D eigenvalue weighted by atomic mass is 79.9.